The number of nitrogens with zero attached hydrogens (tertiary/aromatic N) is 1. The van der Waals surface area contributed by atoms with Crippen molar-refractivity contribution in [1.29, 1.82) is 0 Å². The van der Waals surface area contributed by atoms with Gasteiger partial charge in [0.1, 0.15) is 4.60 Å². The van der Waals surface area contributed by atoms with Gasteiger partial charge in [0.15, 0.2) is 0 Å². The molecule has 0 radical (unpaired) electrons. The molecular weight excluding hydrogens is 320 g/mol. The molecule has 4 nitrogen and oxygen atoms in total. The lowest BCUT2D eigenvalue weighted by molar-refractivity contribution is 0.0857. The molecule has 0 spiro atoms. The summed E-state index contributed by atoms with van der Waals surface area (Å²) < 4.78 is 0.498. The zero-order valence-electron chi connectivity index (χ0n) is 10.6. The predicted molar refractivity (Wildman–Crippen MR) is 78.3 cm³/mol. The van der Waals surface area contributed by atoms with Crippen molar-refractivity contribution >= 4 is 21.8 Å². The fourth-order valence-electron chi connectivity index (χ4n) is 2.52. The Labute approximate surface area is 125 Å². The van der Waals surface area contributed by atoms with E-state index in [4.69, 9.17) is 0 Å². The first-order valence-corrected chi connectivity index (χ1v) is 7.13. The Morgan fingerprint density at radius 2 is 2.10 bits per heavy atom. The van der Waals surface area contributed by atoms with Crippen LogP contribution < -0.4 is 5.32 Å². The number of carbonyl (C=O) groups is 1. The smallest absolute Gasteiger partial charge is 0.254 e. The summed E-state index contributed by atoms with van der Waals surface area (Å²) in [7, 11) is 0. The van der Waals surface area contributed by atoms with Crippen molar-refractivity contribution in [3.05, 3.63) is 63.9 Å². The van der Waals surface area contributed by atoms with Gasteiger partial charge in [0.2, 0.25) is 0 Å². The van der Waals surface area contributed by atoms with Gasteiger partial charge in [-0.25, -0.2) is 4.98 Å². The minimum Gasteiger partial charge on any atom is -0.390 e. The highest BCUT2D eigenvalue weighted by molar-refractivity contribution is 9.10. The second kappa shape index (κ2) is 5.34. The van der Waals surface area contributed by atoms with Gasteiger partial charge in [-0.1, -0.05) is 24.3 Å². The van der Waals surface area contributed by atoms with Crippen LogP contribution in [0.25, 0.3) is 0 Å². The van der Waals surface area contributed by atoms with Crippen molar-refractivity contribution in [3.8, 4) is 0 Å². The molecule has 3 rings (SSSR count). The zero-order chi connectivity index (χ0) is 14.1. The van der Waals surface area contributed by atoms with Crippen LogP contribution in [0.2, 0.25) is 0 Å². The molecule has 102 valence electrons. The lowest BCUT2D eigenvalue weighted by atomic mass is 10.1. The molecule has 1 amide bonds. The molecule has 1 aromatic carbocycles. The van der Waals surface area contributed by atoms with Crippen LogP contribution in [0.3, 0.4) is 0 Å². The molecule has 2 N–H and O–H groups in total. The lowest BCUT2D eigenvalue weighted by Gasteiger charge is -2.18. The van der Waals surface area contributed by atoms with Crippen LogP contribution in [0.1, 0.15) is 27.5 Å². The van der Waals surface area contributed by atoms with Crippen LogP contribution in [-0.4, -0.2) is 22.1 Å². The quantitative estimate of drug-likeness (QED) is 0.829. The summed E-state index contributed by atoms with van der Waals surface area (Å²) in [5, 5.41) is 13.0. The lowest BCUT2D eigenvalue weighted by Crippen LogP contribution is -2.34. The maximum absolute atomic E-state index is 12.3. The first-order chi connectivity index (χ1) is 9.66. The van der Waals surface area contributed by atoms with Crippen LogP contribution in [0.15, 0.2) is 47.2 Å². The van der Waals surface area contributed by atoms with Gasteiger partial charge in [0.25, 0.3) is 5.91 Å². The number of amides is 1. The molecule has 5 heteroatoms. The predicted octanol–water partition coefficient (Wildman–Crippen LogP) is 2.23. The number of halogens is 1. The Kier molecular flexibility index (Phi) is 3.54. The highest BCUT2D eigenvalue weighted by Gasteiger charge is 2.32. The minimum atomic E-state index is -0.591. The van der Waals surface area contributed by atoms with Gasteiger partial charge in [-0.2, -0.15) is 0 Å². The van der Waals surface area contributed by atoms with Crippen molar-refractivity contribution in [1.82, 2.24) is 10.3 Å². The Bertz CT molecular complexity index is 660. The van der Waals surface area contributed by atoms with Crippen LogP contribution in [0.5, 0.6) is 0 Å². The van der Waals surface area contributed by atoms with E-state index in [-0.39, 0.29) is 11.9 Å². The van der Waals surface area contributed by atoms with Gasteiger partial charge >= 0.3 is 0 Å². The third-order valence-electron chi connectivity index (χ3n) is 3.49. The highest BCUT2D eigenvalue weighted by atomic mass is 79.9. The molecule has 0 bridgehead atoms. The van der Waals surface area contributed by atoms with E-state index in [0.717, 1.165) is 11.1 Å². The van der Waals surface area contributed by atoms with E-state index in [1.807, 2.05) is 24.3 Å². The fourth-order valence-corrected chi connectivity index (χ4v) is 2.95. The number of rotatable bonds is 2. The number of aromatic nitrogens is 1. The number of carbonyl (C=O) groups excluding carboxylic acids is 1. The number of fused-ring (bicyclic) bond motifs is 1. The molecule has 2 aromatic rings. The number of nitrogens with one attached hydrogen (secondary N) is 1. The average molecular weight is 333 g/mol. The normalized spacial score (nSPS) is 20.5. The number of hydrogen-bond acceptors (Lipinski definition) is 3. The van der Waals surface area contributed by atoms with E-state index in [1.54, 1.807) is 18.3 Å². The summed E-state index contributed by atoms with van der Waals surface area (Å²) in [5.41, 5.74) is 2.52. The number of aliphatic hydroxyl groups excluding tert-OH is 1. The Balaban J connectivity index is 1.85. The van der Waals surface area contributed by atoms with E-state index >= 15 is 0 Å². The molecule has 20 heavy (non-hydrogen) atoms. The van der Waals surface area contributed by atoms with E-state index in [2.05, 4.69) is 26.2 Å². The minimum absolute atomic E-state index is 0.245. The second-order valence-corrected chi connectivity index (χ2v) is 5.51. The Morgan fingerprint density at radius 1 is 1.30 bits per heavy atom. The van der Waals surface area contributed by atoms with Gasteiger partial charge in [-0.05, 0) is 39.2 Å². The van der Waals surface area contributed by atoms with Crippen LogP contribution in [-0.2, 0) is 6.42 Å². The summed E-state index contributed by atoms with van der Waals surface area (Å²) in [6.45, 7) is 0. The largest absolute Gasteiger partial charge is 0.390 e. The molecule has 0 aliphatic heterocycles. The van der Waals surface area contributed by atoms with Gasteiger partial charge in [-0.3, -0.25) is 4.79 Å². The average Bonchev–Trinajstić information content (AvgIpc) is 2.76. The van der Waals surface area contributed by atoms with Crippen molar-refractivity contribution < 1.29 is 9.90 Å². The van der Waals surface area contributed by atoms with Crippen molar-refractivity contribution in [3.63, 3.8) is 0 Å². The van der Waals surface area contributed by atoms with Crippen molar-refractivity contribution in [2.24, 2.45) is 0 Å². The molecular formula is C15H13BrN2O2. The third-order valence-corrected chi connectivity index (χ3v) is 4.13. The summed E-state index contributed by atoms with van der Waals surface area (Å²) in [4.78, 5) is 16.3. The topological polar surface area (TPSA) is 62.2 Å². The maximum atomic E-state index is 12.3. The van der Waals surface area contributed by atoms with Crippen molar-refractivity contribution in [2.45, 2.75) is 18.6 Å². The van der Waals surface area contributed by atoms with E-state index in [1.165, 1.54) is 0 Å². The van der Waals surface area contributed by atoms with Gasteiger partial charge < -0.3 is 10.4 Å². The standard InChI is InChI=1S/C15H13BrN2O2/c16-14-11(6-3-7-17-14)15(20)18-13-10-5-2-1-4-9(10)8-12(13)19/h1-7,12-13,19H,8H2,(H,18,20)/t12-,13+/m1/s1. The number of pyridine rings is 1. The molecule has 1 aromatic heterocycles. The Hall–Kier alpha value is -1.72. The molecule has 0 saturated carbocycles. The van der Waals surface area contributed by atoms with Crippen LogP contribution >= 0.6 is 15.9 Å². The van der Waals surface area contributed by atoms with Gasteiger partial charge in [0, 0.05) is 12.6 Å². The SMILES string of the molecule is O=C(N[C@H]1c2ccccc2C[C@H]1O)c1cccnc1Br. The molecule has 1 heterocycles. The first-order valence-electron chi connectivity index (χ1n) is 6.34. The first kappa shape index (κ1) is 13.3. The zero-order valence-corrected chi connectivity index (χ0v) is 12.2. The molecule has 2 atom stereocenters. The van der Waals surface area contributed by atoms with Crippen molar-refractivity contribution in [2.75, 3.05) is 0 Å². The monoisotopic (exact) mass is 332 g/mol. The number of aliphatic hydroxyl groups is 1. The van der Waals surface area contributed by atoms with Gasteiger partial charge in [0.05, 0.1) is 17.7 Å². The molecule has 0 unspecified atom stereocenters. The maximum Gasteiger partial charge on any atom is 0.254 e. The third kappa shape index (κ3) is 2.34. The summed E-state index contributed by atoms with van der Waals surface area (Å²) in [5.74, 6) is -0.245. The second-order valence-electron chi connectivity index (χ2n) is 4.76. The summed E-state index contributed by atoms with van der Waals surface area (Å²) >= 11 is 3.26. The molecule has 1 aliphatic rings. The fraction of sp³-hybridized carbons (Fsp3) is 0.200. The molecule has 1 aliphatic carbocycles. The van der Waals surface area contributed by atoms with Crippen LogP contribution in [0.4, 0.5) is 0 Å². The Morgan fingerprint density at radius 3 is 2.90 bits per heavy atom. The highest BCUT2D eigenvalue weighted by Crippen LogP contribution is 2.31. The molecule has 0 fully saturated rings. The van der Waals surface area contributed by atoms with Gasteiger partial charge in [-0.15, -0.1) is 0 Å². The van der Waals surface area contributed by atoms with E-state index in [0.29, 0.717) is 16.6 Å². The van der Waals surface area contributed by atoms with E-state index < -0.39 is 6.10 Å². The van der Waals surface area contributed by atoms with E-state index in [9.17, 15) is 9.90 Å². The number of benzene rings is 1. The number of hydrogen-bond donors (Lipinski definition) is 2. The molecule has 0 saturated heterocycles. The summed E-state index contributed by atoms with van der Waals surface area (Å²) in [6, 6.07) is 10.8. The van der Waals surface area contributed by atoms with Crippen LogP contribution in [0, 0.1) is 0 Å². The summed E-state index contributed by atoms with van der Waals surface area (Å²) in [6.07, 6.45) is 1.59.